The molecule has 0 amide bonds. The predicted octanol–water partition coefficient (Wildman–Crippen LogP) is 2.74. The van der Waals surface area contributed by atoms with E-state index in [4.69, 9.17) is 9.84 Å². The van der Waals surface area contributed by atoms with Gasteiger partial charge in [0.1, 0.15) is 5.75 Å². The summed E-state index contributed by atoms with van der Waals surface area (Å²) in [6.07, 6.45) is 0.629. The van der Waals surface area contributed by atoms with E-state index in [0.717, 1.165) is 10.9 Å². The van der Waals surface area contributed by atoms with E-state index in [-0.39, 0.29) is 11.1 Å². The van der Waals surface area contributed by atoms with E-state index < -0.39 is 11.8 Å². The van der Waals surface area contributed by atoms with Gasteiger partial charge in [-0.25, -0.2) is 4.79 Å². The number of hydrogen-bond donors (Lipinski definition) is 1. The third-order valence-corrected chi connectivity index (χ3v) is 4.00. The number of aromatic nitrogens is 1. The van der Waals surface area contributed by atoms with E-state index in [0.29, 0.717) is 25.3 Å². The summed E-state index contributed by atoms with van der Waals surface area (Å²) in [5, 5.41) is 9.68. The van der Waals surface area contributed by atoms with Crippen molar-refractivity contribution < 1.29 is 19.4 Å². The fraction of sp³-hybridized carbons (Fsp3) is 0.150. The second kappa shape index (κ2) is 7.65. The van der Waals surface area contributed by atoms with E-state index in [2.05, 4.69) is 0 Å². The van der Waals surface area contributed by atoms with Crippen molar-refractivity contribution in [2.75, 3.05) is 6.61 Å². The van der Waals surface area contributed by atoms with Crippen LogP contribution in [0.4, 0.5) is 0 Å². The summed E-state index contributed by atoms with van der Waals surface area (Å²) in [4.78, 5) is 34.1. The Balaban J connectivity index is 1.60. The monoisotopic (exact) mass is 351 g/mol. The number of Topliss-reactive ketones (excluding diaryl/α,β-unsaturated/α-hetero) is 1. The van der Waals surface area contributed by atoms with Crippen molar-refractivity contribution in [3.8, 4) is 5.75 Å². The maximum atomic E-state index is 12.1. The van der Waals surface area contributed by atoms with Gasteiger partial charge >= 0.3 is 5.97 Å². The largest absolute Gasteiger partial charge is 0.494 e. The first-order valence-corrected chi connectivity index (χ1v) is 8.15. The van der Waals surface area contributed by atoms with Crippen molar-refractivity contribution in [1.82, 2.24) is 4.57 Å². The zero-order valence-electron chi connectivity index (χ0n) is 13.9. The summed E-state index contributed by atoms with van der Waals surface area (Å²) in [6, 6.07) is 17.0. The summed E-state index contributed by atoms with van der Waals surface area (Å²) in [7, 11) is 0. The van der Waals surface area contributed by atoms with Crippen LogP contribution in [0.25, 0.3) is 10.9 Å². The van der Waals surface area contributed by atoms with Gasteiger partial charge in [0.2, 0.25) is 0 Å². The van der Waals surface area contributed by atoms with Gasteiger partial charge in [-0.15, -0.1) is 0 Å². The molecular weight excluding hydrogens is 334 g/mol. The molecule has 0 unspecified atom stereocenters. The standard InChI is InChI=1S/C20H17NO5/c22-18-11-8-14-4-1-2-5-17(14)21(18)12-3-13-26-16-9-6-15(7-10-16)19(23)20(24)25/h1-2,4-11H,3,12-13H2,(H,24,25). The number of aliphatic carboxylic acids is 1. The number of aryl methyl sites for hydroxylation is 1. The molecule has 1 heterocycles. The molecule has 3 rings (SSSR count). The van der Waals surface area contributed by atoms with E-state index in [9.17, 15) is 14.4 Å². The number of carbonyl (C=O) groups excluding carboxylic acids is 1. The van der Waals surface area contributed by atoms with Gasteiger partial charge in [-0.3, -0.25) is 9.59 Å². The molecule has 0 saturated heterocycles. The average molecular weight is 351 g/mol. The van der Waals surface area contributed by atoms with Crippen LogP contribution in [0, 0.1) is 0 Å². The summed E-state index contributed by atoms with van der Waals surface area (Å²) < 4.78 is 7.32. The lowest BCUT2D eigenvalue weighted by atomic mass is 10.1. The van der Waals surface area contributed by atoms with Crippen LogP contribution in [0.15, 0.2) is 65.5 Å². The van der Waals surface area contributed by atoms with Gasteiger partial charge in [-0.05, 0) is 48.2 Å². The van der Waals surface area contributed by atoms with Gasteiger partial charge < -0.3 is 14.4 Å². The van der Waals surface area contributed by atoms with Crippen LogP contribution >= 0.6 is 0 Å². The number of pyridine rings is 1. The van der Waals surface area contributed by atoms with Crippen molar-refractivity contribution in [2.45, 2.75) is 13.0 Å². The minimum atomic E-state index is -1.49. The fourth-order valence-electron chi connectivity index (χ4n) is 2.71. The normalized spacial score (nSPS) is 10.6. The second-order valence-corrected chi connectivity index (χ2v) is 5.74. The third kappa shape index (κ3) is 3.80. The molecule has 0 saturated carbocycles. The number of rotatable bonds is 7. The number of fused-ring (bicyclic) bond motifs is 1. The Morgan fingerprint density at radius 3 is 2.42 bits per heavy atom. The first-order chi connectivity index (χ1) is 12.6. The van der Waals surface area contributed by atoms with Crippen LogP contribution in [0.5, 0.6) is 5.75 Å². The molecule has 0 bridgehead atoms. The Kier molecular flexibility index (Phi) is 5.12. The number of nitrogens with zero attached hydrogens (tertiary/aromatic N) is 1. The highest BCUT2D eigenvalue weighted by Gasteiger charge is 2.13. The summed E-state index contributed by atoms with van der Waals surface area (Å²) in [6.45, 7) is 0.914. The van der Waals surface area contributed by atoms with Gasteiger partial charge in [-0.2, -0.15) is 0 Å². The smallest absolute Gasteiger partial charge is 0.377 e. The quantitative estimate of drug-likeness (QED) is 0.402. The highest BCUT2D eigenvalue weighted by Crippen LogP contribution is 2.14. The first kappa shape index (κ1) is 17.4. The van der Waals surface area contributed by atoms with E-state index in [1.54, 1.807) is 22.8 Å². The van der Waals surface area contributed by atoms with Crippen molar-refractivity contribution >= 4 is 22.7 Å². The molecule has 1 N–H and O–H groups in total. The number of hydrogen-bond acceptors (Lipinski definition) is 4. The van der Waals surface area contributed by atoms with Gasteiger partial charge in [-0.1, -0.05) is 18.2 Å². The maximum absolute atomic E-state index is 12.1. The Hall–Kier alpha value is -3.41. The summed E-state index contributed by atoms with van der Waals surface area (Å²) in [5.74, 6) is -1.90. The Morgan fingerprint density at radius 2 is 1.69 bits per heavy atom. The van der Waals surface area contributed by atoms with Crippen LogP contribution in [-0.2, 0) is 11.3 Å². The molecule has 0 aliphatic rings. The molecule has 0 aliphatic carbocycles. The predicted molar refractivity (Wildman–Crippen MR) is 96.7 cm³/mol. The average Bonchev–Trinajstić information content (AvgIpc) is 2.66. The first-order valence-electron chi connectivity index (χ1n) is 8.15. The maximum Gasteiger partial charge on any atom is 0.377 e. The van der Waals surface area contributed by atoms with Crippen molar-refractivity contribution in [3.63, 3.8) is 0 Å². The van der Waals surface area contributed by atoms with E-state index in [1.165, 1.54) is 12.1 Å². The molecule has 0 spiro atoms. The lowest BCUT2D eigenvalue weighted by molar-refractivity contribution is -0.131. The van der Waals surface area contributed by atoms with E-state index >= 15 is 0 Å². The SMILES string of the molecule is O=C(O)C(=O)c1ccc(OCCCn2c(=O)ccc3ccccc32)cc1. The van der Waals surface area contributed by atoms with Gasteiger partial charge in [0.05, 0.1) is 12.1 Å². The molecule has 3 aromatic rings. The number of carboxylic acids is 1. The minimum Gasteiger partial charge on any atom is -0.494 e. The van der Waals surface area contributed by atoms with Crippen molar-refractivity contribution in [3.05, 3.63) is 76.6 Å². The van der Waals surface area contributed by atoms with Crippen LogP contribution in [0.3, 0.4) is 0 Å². The number of ether oxygens (including phenoxy) is 1. The number of carbonyl (C=O) groups is 2. The highest BCUT2D eigenvalue weighted by atomic mass is 16.5. The molecule has 2 aromatic carbocycles. The zero-order valence-corrected chi connectivity index (χ0v) is 13.9. The van der Waals surface area contributed by atoms with Gasteiger partial charge in [0.15, 0.2) is 0 Å². The Labute approximate surface area is 149 Å². The summed E-state index contributed by atoms with van der Waals surface area (Å²) in [5.41, 5.74) is 0.934. The zero-order chi connectivity index (χ0) is 18.5. The number of ketones is 1. The second-order valence-electron chi connectivity index (χ2n) is 5.74. The number of carboxylic acid groups (broad SMARTS) is 1. The third-order valence-electron chi connectivity index (χ3n) is 4.00. The molecule has 0 fully saturated rings. The van der Waals surface area contributed by atoms with Crippen LogP contribution in [-0.4, -0.2) is 28.0 Å². The lowest BCUT2D eigenvalue weighted by Gasteiger charge is -2.11. The van der Waals surface area contributed by atoms with Crippen LogP contribution in [0.1, 0.15) is 16.8 Å². The van der Waals surface area contributed by atoms with Gasteiger partial charge in [0.25, 0.3) is 11.3 Å². The Bertz CT molecular complexity index is 1000. The number of para-hydroxylation sites is 1. The lowest BCUT2D eigenvalue weighted by Crippen LogP contribution is -2.20. The van der Waals surface area contributed by atoms with E-state index in [1.807, 2.05) is 30.3 Å². The Morgan fingerprint density at radius 1 is 0.962 bits per heavy atom. The van der Waals surface area contributed by atoms with Gasteiger partial charge in [0, 0.05) is 18.2 Å². The summed E-state index contributed by atoms with van der Waals surface area (Å²) >= 11 is 0. The molecule has 0 atom stereocenters. The molecule has 6 nitrogen and oxygen atoms in total. The highest BCUT2D eigenvalue weighted by molar-refractivity contribution is 6.39. The van der Waals surface area contributed by atoms with Crippen LogP contribution in [0.2, 0.25) is 0 Å². The molecule has 1 aromatic heterocycles. The van der Waals surface area contributed by atoms with Crippen LogP contribution < -0.4 is 10.3 Å². The topological polar surface area (TPSA) is 85.6 Å². The fourth-order valence-corrected chi connectivity index (χ4v) is 2.71. The minimum absolute atomic E-state index is 0.0553. The molecule has 0 radical (unpaired) electrons. The number of benzene rings is 2. The molecule has 132 valence electrons. The molecule has 0 aliphatic heterocycles. The molecule has 26 heavy (non-hydrogen) atoms. The molecule has 6 heteroatoms. The molecular formula is C20H17NO5. The van der Waals surface area contributed by atoms with Crippen molar-refractivity contribution in [1.29, 1.82) is 0 Å². The van der Waals surface area contributed by atoms with Crippen molar-refractivity contribution in [2.24, 2.45) is 0 Å².